The molecule has 4 aromatic carbocycles. The highest BCUT2D eigenvalue weighted by molar-refractivity contribution is 5.98. The van der Waals surface area contributed by atoms with E-state index in [0.717, 1.165) is 33.9 Å². The molecule has 0 fully saturated rings. The Morgan fingerprint density at radius 1 is 0.833 bits per heavy atom. The van der Waals surface area contributed by atoms with Crippen molar-refractivity contribution in [1.29, 1.82) is 0 Å². The van der Waals surface area contributed by atoms with Crippen LogP contribution in [-0.4, -0.2) is 18.1 Å². The lowest BCUT2D eigenvalue weighted by atomic mass is 9.84. The fourth-order valence-corrected chi connectivity index (χ4v) is 5.08. The van der Waals surface area contributed by atoms with Crippen LogP contribution in [0, 0.1) is 0 Å². The molecule has 0 aliphatic rings. The molecule has 0 atom stereocenters. The number of para-hydroxylation sites is 1. The van der Waals surface area contributed by atoms with E-state index in [-0.39, 0.29) is 18.1 Å². The van der Waals surface area contributed by atoms with Gasteiger partial charge in [-0.25, -0.2) is 0 Å². The fourth-order valence-electron chi connectivity index (χ4n) is 5.08. The number of carbonyl (C=O) groups excluding carboxylic acids is 1. The molecular weight excluding hydrogens is 539 g/mol. The molecule has 0 spiro atoms. The lowest BCUT2D eigenvalue weighted by molar-refractivity contribution is -0.146. The lowest BCUT2D eigenvalue weighted by Gasteiger charge is -2.22. The van der Waals surface area contributed by atoms with Crippen molar-refractivity contribution in [3.05, 3.63) is 131 Å². The maximum Gasteiger partial charge on any atom is 0.418 e. The van der Waals surface area contributed by atoms with E-state index in [1.165, 1.54) is 13.2 Å². The van der Waals surface area contributed by atoms with Crippen LogP contribution in [0.25, 0.3) is 22.0 Å². The standard InChI is InChI=1S/C35H30F3NO3/c1-34(2,33(40)41-3)27-17-15-24(16-18-27)22-42-28-12-7-11-25(20-28)31-26(19-23-9-5-4-6-10-23)21-39-32-29(31)13-8-14-30(32)35(36,37)38/h4-18,20-21H,19,22H2,1-3H3. The topological polar surface area (TPSA) is 48.4 Å². The number of alkyl halides is 3. The van der Waals surface area contributed by atoms with Crippen LogP contribution in [0.4, 0.5) is 13.2 Å². The molecule has 5 aromatic rings. The normalized spacial score (nSPS) is 11.9. The number of pyridine rings is 1. The quantitative estimate of drug-likeness (QED) is 0.176. The summed E-state index contributed by atoms with van der Waals surface area (Å²) in [6.07, 6.45) is -2.48. The maximum absolute atomic E-state index is 13.9. The Balaban J connectivity index is 1.49. The van der Waals surface area contributed by atoms with Gasteiger partial charge in [-0.15, -0.1) is 0 Å². The van der Waals surface area contributed by atoms with E-state index in [1.54, 1.807) is 12.3 Å². The number of aromatic nitrogens is 1. The smallest absolute Gasteiger partial charge is 0.418 e. The van der Waals surface area contributed by atoms with E-state index >= 15 is 0 Å². The third-order valence-corrected chi connectivity index (χ3v) is 7.42. The second-order valence-electron chi connectivity index (χ2n) is 10.7. The van der Waals surface area contributed by atoms with Crippen LogP contribution >= 0.6 is 0 Å². The molecule has 4 nitrogen and oxygen atoms in total. The van der Waals surface area contributed by atoms with Gasteiger partial charge in [0.15, 0.2) is 0 Å². The van der Waals surface area contributed by atoms with Crippen molar-refractivity contribution in [3.63, 3.8) is 0 Å². The van der Waals surface area contributed by atoms with Gasteiger partial charge in [-0.05, 0) is 71.8 Å². The number of hydrogen-bond acceptors (Lipinski definition) is 4. The second-order valence-corrected chi connectivity index (χ2v) is 10.7. The first-order valence-electron chi connectivity index (χ1n) is 13.5. The van der Waals surface area contributed by atoms with Crippen molar-refractivity contribution >= 4 is 16.9 Å². The van der Waals surface area contributed by atoms with Crippen LogP contribution in [0.1, 0.15) is 41.7 Å². The van der Waals surface area contributed by atoms with E-state index in [1.807, 2.05) is 92.7 Å². The van der Waals surface area contributed by atoms with Crippen molar-refractivity contribution in [2.75, 3.05) is 7.11 Å². The molecule has 5 rings (SSSR count). The number of ether oxygens (including phenoxy) is 2. The van der Waals surface area contributed by atoms with Gasteiger partial charge in [-0.3, -0.25) is 9.78 Å². The minimum Gasteiger partial charge on any atom is -0.489 e. The average Bonchev–Trinajstić information content (AvgIpc) is 2.99. The summed E-state index contributed by atoms with van der Waals surface area (Å²) >= 11 is 0. The van der Waals surface area contributed by atoms with Gasteiger partial charge in [-0.1, -0.05) is 78.9 Å². The second kappa shape index (κ2) is 11.7. The van der Waals surface area contributed by atoms with E-state index in [4.69, 9.17) is 9.47 Å². The lowest BCUT2D eigenvalue weighted by Crippen LogP contribution is -2.30. The van der Waals surface area contributed by atoms with Gasteiger partial charge in [-0.2, -0.15) is 13.2 Å². The zero-order valence-electron chi connectivity index (χ0n) is 23.5. The largest absolute Gasteiger partial charge is 0.489 e. The first-order valence-corrected chi connectivity index (χ1v) is 13.5. The van der Waals surface area contributed by atoms with E-state index in [0.29, 0.717) is 23.1 Å². The summed E-state index contributed by atoms with van der Waals surface area (Å²) in [5, 5.41) is 0.430. The van der Waals surface area contributed by atoms with Gasteiger partial charge in [0, 0.05) is 11.6 Å². The minimum atomic E-state index is -4.53. The van der Waals surface area contributed by atoms with Gasteiger partial charge in [0.2, 0.25) is 0 Å². The van der Waals surface area contributed by atoms with Crippen LogP contribution in [0.15, 0.2) is 103 Å². The number of esters is 1. The predicted molar refractivity (Wildman–Crippen MR) is 157 cm³/mol. The molecule has 42 heavy (non-hydrogen) atoms. The molecule has 1 heterocycles. The number of halogens is 3. The van der Waals surface area contributed by atoms with E-state index in [2.05, 4.69) is 4.98 Å². The molecule has 214 valence electrons. The van der Waals surface area contributed by atoms with Gasteiger partial charge in [0.25, 0.3) is 0 Å². The molecule has 0 aliphatic carbocycles. The van der Waals surface area contributed by atoms with Crippen LogP contribution in [0.2, 0.25) is 0 Å². The van der Waals surface area contributed by atoms with Gasteiger partial charge < -0.3 is 9.47 Å². The highest BCUT2D eigenvalue weighted by Crippen LogP contribution is 2.39. The summed E-state index contributed by atoms with van der Waals surface area (Å²) in [4.78, 5) is 16.4. The van der Waals surface area contributed by atoms with Crippen LogP contribution in [0.5, 0.6) is 5.75 Å². The van der Waals surface area contributed by atoms with Crippen molar-refractivity contribution in [3.8, 4) is 16.9 Å². The predicted octanol–water partition coefficient (Wildman–Crippen LogP) is 8.54. The van der Waals surface area contributed by atoms with Crippen molar-refractivity contribution in [2.24, 2.45) is 0 Å². The SMILES string of the molecule is COC(=O)C(C)(C)c1ccc(COc2cccc(-c3c(Cc4ccccc4)cnc4c(C(F)(F)F)cccc34)c2)cc1. The minimum absolute atomic E-state index is 0.0851. The van der Waals surface area contributed by atoms with Gasteiger partial charge >= 0.3 is 12.1 Å². The number of benzene rings is 4. The zero-order valence-corrected chi connectivity index (χ0v) is 23.5. The Labute approximate surface area is 242 Å². The molecule has 0 saturated carbocycles. The van der Waals surface area contributed by atoms with Crippen molar-refractivity contribution in [2.45, 2.75) is 38.5 Å². The summed E-state index contributed by atoms with van der Waals surface area (Å²) in [5.74, 6) is 0.259. The highest BCUT2D eigenvalue weighted by Gasteiger charge is 2.34. The molecule has 0 aliphatic heterocycles. The number of fused-ring (bicyclic) bond motifs is 1. The Kier molecular flexibility index (Phi) is 8.03. The fraction of sp³-hybridized carbons (Fsp3) is 0.200. The third-order valence-electron chi connectivity index (χ3n) is 7.42. The average molecular weight is 570 g/mol. The molecular formula is C35H30F3NO3. The molecule has 0 amide bonds. The number of rotatable bonds is 8. The number of carbonyl (C=O) groups is 1. The molecule has 0 N–H and O–H groups in total. The monoisotopic (exact) mass is 569 g/mol. The zero-order chi connectivity index (χ0) is 29.9. The van der Waals surface area contributed by atoms with Crippen LogP contribution < -0.4 is 4.74 Å². The molecule has 1 aromatic heterocycles. The van der Waals surface area contributed by atoms with Crippen molar-refractivity contribution in [1.82, 2.24) is 4.98 Å². The summed E-state index contributed by atoms with van der Waals surface area (Å²) in [7, 11) is 1.37. The summed E-state index contributed by atoms with van der Waals surface area (Å²) in [5.41, 5.74) is 3.37. The summed E-state index contributed by atoms with van der Waals surface area (Å²) in [6, 6.07) is 28.9. The first kappa shape index (κ1) is 28.9. The summed E-state index contributed by atoms with van der Waals surface area (Å²) < 4.78 is 52.7. The van der Waals surface area contributed by atoms with E-state index < -0.39 is 17.2 Å². The molecule has 0 unspecified atom stereocenters. The Hall–Kier alpha value is -4.65. The Morgan fingerprint density at radius 2 is 1.55 bits per heavy atom. The molecule has 0 bridgehead atoms. The van der Waals surface area contributed by atoms with Gasteiger partial charge in [0.05, 0.1) is 23.6 Å². The Bertz CT molecular complexity index is 1710. The van der Waals surface area contributed by atoms with Crippen LogP contribution in [-0.2, 0) is 34.2 Å². The molecule has 0 saturated heterocycles. The number of hydrogen-bond donors (Lipinski definition) is 0. The van der Waals surface area contributed by atoms with Crippen molar-refractivity contribution < 1.29 is 27.4 Å². The highest BCUT2D eigenvalue weighted by atomic mass is 19.4. The number of nitrogens with zero attached hydrogens (tertiary/aromatic N) is 1. The summed E-state index contributed by atoms with van der Waals surface area (Å²) in [6.45, 7) is 3.89. The van der Waals surface area contributed by atoms with Gasteiger partial charge in [0.1, 0.15) is 12.4 Å². The van der Waals surface area contributed by atoms with Crippen LogP contribution in [0.3, 0.4) is 0 Å². The number of methoxy groups -OCH3 is 1. The first-order chi connectivity index (χ1) is 20.1. The molecule has 7 heteroatoms. The maximum atomic E-state index is 13.9. The third kappa shape index (κ3) is 6.00. The molecule has 0 radical (unpaired) electrons. The Morgan fingerprint density at radius 3 is 2.24 bits per heavy atom. The van der Waals surface area contributed by atoms with E-state index in [9.17, 15) is 18.0 Å².